The second kappa shape index (κ2) is 5.55. The first-order valence-electron chi connectivity index (χ1n) is 7.33. The average Bonchev–Trinajstić information content (AvgIpc) is 3.03. The molecule has 1 aromatic heterocycles. The van der Waals surface area contributed by atoms with Crippen LogP contribution in [0.3, 0.4) is 0 Å². The highest BCUT2D eigenvalue weighted by Gasteiger charge is 2.47. The van der Waals surface area contributed by atoms with Gasteiger partial charge in [0.25, 0.3) is 5.91 Å². The maximum absolute atomic E-state index is 12.4. The fourth-order valence-electron chi connectivity index (χ4n) is 3.67. The van der Waals surface area contributed by atoms with Gasteiger partial charge in [-0.05, 0) is 31.7 Å². The normalized spacial score (nSPS) is 24.8. The van der Waals surface area contributed by atoms with Crippen molar-refractivity contribution in [2.24, 2.45) is 5.41 Å². The third kappa shape index (κ3) is 2.59. The van der Waals surface area contributed by atoms with Gasteiger partial charge in [-0.25, -0.2) is 0 Å². The van der Waals surface area contributed by atoms with E-state index >= 15 is 0 Å². The number of halogens is 1. The minimum atomic E-state index is -0.762. The molecular weight excluding hydrogens is 308 g/mol. The van der Waals surface area contributed by atoms with Crippen molar-refractivity contribution in [1.82, 2.24) is 20.0 Å². The van der Waals surface area contributed by atoms with Crippen LogP contribution in [0, 0.1) is 5.41 Å². The highest BCUT2D eigenvalue weighted by atomic mass is 35.5. The standard InChI is InChI=1S/C14H19ClN4O3/c1-18-8-14(6-10(18)13(21)22)2-4-19(5-3-14)12(20)11-9(15)7-16-17-11/h7,10H,2-6,8H2,1H3,(H,16,17)(H,21,22)/t10-/m0/s1. The molecule has 2 N–H and O–H groups in total. The van der Waals surface area contributed by atoms with Crippen LogP contribution in [0.5, 0.6) is 0 Å². The van der Waals surface area contributed by atoms with Crippen LogP contribution in [0.25, 0.3) is 0 Å². The third-order valence-electron chi connectivity index (χ3n) is 4.95. The predicted molar refractivity (Wildman–Crippen MR) is 79.8 cm³/mol. The molecule has 3 heterocycles. The molecule has 0 aromatic carbocycles. The first-order valence-corrected chi connectivity index (χ1v) is 7.71. The van der Waals surface area contributed by atoms with Crippen molar-refractivity contribution >= 4 is 23.5 Å². The van der Waals surface area contributed by atoms with Crippen molar-refractivity contribution in [2.45, 2.75) is 25.3 Å². The predicted octanol–water partition coefficient (Wildman–Crippen LogP) is 1.07. The van der Waals surface area contributed by atoms with Gasteiger partial charge >= 0.3 is 5.97 Å². The van der Waals surface area contributed by atoms with Crippen LogP contribution >= 0.6 is 11.6 Å². The van der Waals surface area contributed by atoms with Crippen LogP contribution in [0.15, 0.2) is 6.20 Å². The van der Waals surface area contributed by atoms with Crippen molar-refractivity contribution in [3.05, 3.63) is 16.9 Å². The number of piperidine rings is 1. The van der Waals surface area contributed by atoms with Crippen molar-refractivity contribution in [1.29, 1.82) is 0 Å². The van der Waals surface area contributed by atoms with E-state index < -0.39 is 12.0 Å². The lowest BCUT2D eigenvalue weighted by Crippen LogP contribution is -2.44. The summed E-state index contributed by atoms with van der Waals surface area (Å²) in [5.74, 6) is -0.902. The van der Waals surface area contributed by atoms with Crippen LogP contribution in [-0.2, 0) is 4.79 Å². The number of likely N-dealkylation sites (N-methyl/N-ethyl adjacent to an activating group) is 1. The molecule has 2 fully saturated rings. The summed E-state index contributed by atoms with van der Waals surface area (Å²) in [6.45, 7) is 2.01. The van der Waals surface area contributed by atoms with E-state index in [1.807, 2.05) is 11.9 Å². The minimum Gasteiger partial charge on any atom is -0.480 e. The summed E-state index contributed by atoms with van der Waals surface area (Å²) in [7, 11) is 1.86. The SMILES string of the molecule is CN1CC2(CCN(C(=O)c3[nH]ncc3Cl)CC2)C[C@H]1C(=O)O. The number of nitrogens with one attached hydrogen (secondary N) is 1. The quantitative estimate of drug-likeness (QED) is 0.848. The van der Waals surface area contributed by atoms with Crippen molar-refractivity contribution in [3.8, 4) is 0 Å². The lowest BCUT2D eigenvalue weighted by molar-refractivity contribution is -0.141. The number of aromatic nitrogens is 2. The Balaban J connectivity index is 1.65. The first-order chi connectivity index (χ1) is 10.4. The number of aliphatic carboxylic acids is 1. The van der Waals surface area contributed by atoms with E-state index in [2.05, 4.69) is 10.2 Å². The molecule has 0 bridgehead atoms. The number of H-pyrrole nitrogens is 1. The third-order valence-corrected chi connectivity index (χ3v) is 5.23. The molecule has 0 aliphatic carbocycles. The van der Waals surface area contributed by atoms with Crippen LogP contribution in [0.4, 0.5) is 0 Å². The zero-order valence-corrected chi connectivity index (χ0v) is 13.1. The van der Waals surface area contributed by atoms with Crippen LogP contribution in [0.1, 0.15) is 29.8 Å². The van der Waals surface area contributed by atoms with E-state index in [0.717, 1.165) is 19.4 Å². The topological polar surface area (TPSA) is 89.5 Å². The Morgan fingerprint density at radius 1 is 1.45 bits per heavy atom. The largest absolute Gasteiger partial charge is 0.480 e. The Labute approximate surface area is 133 Å². The van der Waals surface area contributed by atoms with E-state index in [0.29, 0.717) is 30.2 Å². The number of nitrogens with zero attached hydrogens (tertiary/aromatic N) is 3. The highest BCUT2D eigenvalue weighted by Crippen LogP contribution is 2.43. The molecule has 8 heteroatoms. The number of carbonyl (C=O) groups is 2. The van der Waals surface area contributed by atoms with Gasteiger partial charge < -0.3 is 10.0 Å². The summed E-state index contributed by atoms with van der Waals surface area (Å²) in [4.78, 5) is 27.3. The lowest BCUT2D eigenvalue weighted by atomic mass is 9.76. The van der Waals surface area contributed by atoms with Gasteiger partial charge in [-0.2, -0.15) is 5.10 Å². The van der Waals surface area contributed by atoms with Crippen LogP contribution < -0.4 is 0 Å². The molecule has 1 spiro atoms. The minimum absolute atomic E-state index is 0.00632. The molecule has 2 aliphatic heterocycles. The Bertz CT molecular complexity index is 595. The Morgan fingerprint density at radius 3 is 2.64 bits per heavy atom. The molecule has 0 radical (unpaired) electrons. The van der Waals surface area contributed by atoms with Crippen LogP contribution in [0.2, 0.25) is 5.02 Å². The van der Waals surface area contributed by atoms with Gasteiger partial charge in [0.2, 0.25) is 0 Å². The summed E-state index contributed by atoms with van der Waals surface area (Å²) in [5.41, 5.74) is 0.330. The molecule has 1 atom stereocenters. The molecule has 2 saturated heterocycles. The van der Waals surface area contributed by atoms with Gasteiger partial charge in [0.15, 0.2) is 0 Å². The van der Waals surface area contributed by atoms with E-state index in [1.54, 1.807) is 4.90 Å². The fraction of sp³-hybridized carbons (Fsp3) is 0.643. The van der Waals surface area contributed by atoms with Crippen LogP contribution in [-0.4, -0.2) is 69.7 Å². The number of rotatable bonds is 2. The number of hydrogen-bond acceptors (Lipinski definition) is 4. The molecule has 0 unspecified atom stereocenters. The number of carboxylic acid groups (broad SMARTS) is 1. The molecule has 1 amide bonds. The average molecular weight is 327 g/mol. The van der Waals surface area contributed by atoms with E-state index in [9.17, 15) is 14.7 Å². The Kier molecular flexibility index (Phi) is 3.86. The second-order valence-corrected chi connectivity index (χ2v) is 6.77. The van der Waals surface area contributed by atoms with E-state index in [4.69, 9.17) is 11.6 Å². The maximum atomic E-state index is 12.4. The molecule has 22 heavy (non-hydrogen) atoms. The zero-order valence-electron chi connectivity index (χ0n) is 12.4. The molecular formula is C14H19ClN4O3. The van der Waals surface area contributed by atoms with Gasteiger partial charge in [0.05, 0.1) is 11.2 Å². The van der Waals surface area contributed by atoms with Gasteiger partial charge in [-0.1, -0.05) is 11.6 Å². The van der Waals surface area contributed by atoms with Crippen molar-refractivity contribution in [2.75, 3.05) is 26.7 Å². The molecule has 120 valence electrons. The number of carbonyl (C=O) groups excluding carboxylic acids is 1. The highest BCUT2D eigenvalue weighted by molar-refractivity contribution is 6.33. The summed E-state index contributed by atoms with van der Waals surface area (Å²) < 4.78 is 0. The van der Waals surface area contributed by atoms with Crippen molar-refractivity contribution in [3.63, 3.8) is 0 Å². The number of carboxylic acids is 1. The summed E-state index contributed by atoms with van der Waals surface area (Å²) >= 11 is 5.93. The number of hydrogen-bond donors (Lipinski definition) is 2. The number of aromatic amines is 1. The van der Waals surface area contributed by atoms with E-state index in [1.165, 1.54) is 6.20 Å². The Morgan fingerprint density at radius 2 is 2.14 bits per heavy atom. The lowest BCUT2D eigenvalue weighted by Gasteiger charge is -2.39. The molecule has 7 nitrogen and oxygen atoms in total. The second-order valence-electron chi connectivity index (χ2n) is 6.36. The van der Waals surface area contributed by atoms with E-state index in [-0.39, 0.29) is 11.3 Å². The summed E-state index contributed by atoms with van der Waals surface area (Å²) in [6, 6.07) is -0.413. The van der Waals surface area contributed by atoms with Gasteiger partial charge in [-0.3, -0.25) is 19.6 Å². The molecule has 3 rings (SSSR count). The van der Waals surface area contributed by atoms with Crippen molar-refractivity contribution < 1.29 is 14.7 Å². The monoisotopic (exact) mass is 326 g/mol. The zero-order chi connectivity index (χ0) is 15.9. The summed E-state index contributed by atoms with van der Waals surface area (Å²) in [6.07, 6.45) is 3.71. The number of amides is 1. The number of likely N-dealkylation sites (tertiary alicyclic amines) is 2. The molecule has 2 aliphatic rings. The summed E-state index contributed by atoms with van der Waals surface area (Å²) in [5, 5.41) is 16.0. The maximum Gasteiger partial charge on any atom is 0.320 e. The van der Waals surface area contributed by atoms with Gasteiger partial charge in [0.1, 0.15) is 11.7 Å². The smallest absolute Gasteiger partial charge is 0.320 e. The molecule has 0 saturated carbocycles. The fourth-order valence-corrected chi connectivity index (χ4v) is 3.84. The first kappa shape index (κ1) is 15.3. The van der Waals surface area contributed by atoms with Gasteiger partial charge in [-0.15, -0.1) is 0 Å². The Hall–Kier alpha value is -1.60. The molecule has 1 aromatic rings. The van der Waals surface area contributed by atoms with Gasteiger partial charge in [0, 0.05) is 19.6 Å².